The summed E-state index contributed by atoms with van der Waals surface area (Å²) in [5.74, 6) is 3.19. The van der Waals surface area contributed by atoms with Gasteiger partial charge in [-0.1, -0.05) is 25.8 Å². The van der Waals surface area contributed by atoms with Gasteiger partial charge in [0, 0.05) is 18.3 Å². The molecule has 1 N–H and O–H groups in total. The lowest BCUT2D eigenvalue weighted by Gasteiger charge is -2.10. The molecule has 13 heavy (non-hydrogen) atoms. The molecule has 0 amide bonds. The van der Waals surface area contributed by atoms with E-state index in [9.17, 15) is 0 Å². The van der Waals surface area contributed by atoms with Crippen LogP contribution in [0.1, 0.15) is 30.9 Å². The molecule has 0 unspecified atom stereocenters. The Morgan fingerprint density at radius 2 is 2.08 bits per heavy atom. The average molecular weight is 173 g/mol. The van der Waals surface area contributed by atoms with Gasteiger partial charge in [0.15, 0.2) is 0 Å². The monoisotopic (exact) mass is 173 g/mol. The minimum atomic E-state index is 0.483. The molecule has 0 aliphatic carbocycles. The zero-order valence-electron chi connectivity index (χ0n) is 8.39. The molecule has 0 aromatic heterocycles. The van der Waals surface area contributed by atoms with E-state index in [-0.39, 0.29) is 0 Å². The molecule has 0 spiro atoms. The van der Waals surface area contributed by atoms with Crippen LogP contribution in [0.4, 0.5) is 5.69 Å². The summed E-state index contributed by atoms with van der Waals surface area (Å²) in [7, 11) is 1.89. The molecule has 0 atom stereocenters. The maximum atomic E-state index is 5.43. The predicted molar refractivity (Wildman–Crippen MR) is 58.0 cm³/mol. The van der Waals surface area contributed by atoms with E-state index in [1.807, 2.05) is 13.1 Å². The van der Waals surface area contributed by atoms with E-state index in [0.29, 0.717) is 5.92 Å². The van der Waals surface area contributed by atoms with Gasteiger partial charge in [0.2, 0.25) is 0 Å². The van der Waals surface area contributed by atoms with Crippen molar-refractivity contribution in [2.45, 2.75) is 19.8 Å². The van der Waals surface area contributed by atoms with Gasteiger partial charge in [-0.25, -0.2) is 0 Å². The van der Waals surface area contributed by atoms with Crippen LogP contribution in [0.5, 0.6) is 0 Å². The van der Waals surface area contributed by atoms with E-state index < -0.39 is 0 Å². The van der Waals surface area contributed by atoms with Gasteiger partial charge in [0.25, 0.3) is 0 Å². The highest BCUT2D eigenvalue weighted by Gasteiger charge is 2.04. The molecule has 1 rings (SSSR count). The molecule has 0 aliphatic rings. The first-order chi connectivity index (χ1) is 6.19. The summed E-state index contributed by atoms with van der Waals surface area (Å²) in [4.78, 5) is 0. The fourth-order valence-corrected chi connectivity index (χ4v) is 1.34. The van der Waals surface area contributed by atoms with Gasteiger partial charge in [0.05, 0.1) is 0 Å². The van der Waals surface area contributed by atoms with E-state index in [4.69, 9.17) is 6.42 Å². The number of rotatable bonds is 2. The molecule has 0 saturated heterocycles. The van der Waals surface area contributed by atoms with E-state index in [1.54, 1.807) is 0 Å². The van der Waals surface area contributed by atoms with E-state index in [1.165, 1.54) is 5.56 Å². The Bertz CT molecular complexity index is 331. The molecule has 0 aliphatic heterocycles. The molecule has 0 saturated carbocycles. The number of anilines is 1. The van der Waals surface area contributed by atoms with Crippen molar-refractivity contribution in [1.29, 1.82) is 0 Å². The van der Waals surface area contributed by atoms with Gasteiger partial charge < -0.3 is 5.32 Å². The average Bonchev–Trinajstić information content (AvgIpc) is 2.16. The van der Waals surface area contributed by atoms with Crippen LogP contribution in [-0.2, 0) is 0 Å². The topological polar surface area (TPSA) is 12.0 Å². The zero-order valence-corrected chi connectivity index (χ0v) is 8.39. The number of nitrogens with one attached hydrogen (secondary N) is 1. The zero-order chi connectivity index (χ0) is 9.84. The largest absolute Gasteiger partial charge is 0.388 e. The number of benzene rings is 1. The highest BCUT2D eigenvalue weighted by atomic mass is 14.8. The first-order valence-corrected chi connectivity index (χ1v) is 4.47. The summed E-state index contributed by atoms with van der Waals surface area (Å²) in [6.45, 7) is 4.30. The second kappa shape index (κ2) is 4.00. The Kier molecular flexibility index (Phi) is 2.97. The van der Waals surface area contributed by atoms with Crippen LogP contribution in [0, 0.1) is 12.3 Å². The number of terminal acetylenes is 1. The molecule has 1 aromatic rings. The molecule has 0 radical (unpaired) electrons. The molecule has 1 heteroatoms. The number of hydrogen-bond donors (Lipinski definition) is 1. The molecule has 0 fully saturated rings. The van der Waals surface area contributed by atoms with Crippen molar-refractivity contribution in [3.63, 3.8) is 0 Å². The number of hydrogen-bond acceptors (Lipinski definition) is 1. The first kappa shape index (κ1) is 9.67. The van der Waals surface area contributed by atoms with E-state index in [2.05, 4.69) is 37.2 Å². The maximum absolute atomic E-state index is 5.43. The lowest BCUT2D eigenvalue weighted by Crippen LogP contribution is -1.95. The van der Waals surface area contributed by atoms with Crippen LogP contribution in [0.25, 0.3) is 0 Å². The lowest BCUT2D eigenvalue weighted by molar-refractivity contribution is 0.863. The molecule has 1 aromatic carbocycles. The Balaban J connectivity index is 3.18. The molecule has 68 valence electrons. The van der Waals surface area contributed by atoms with Gasteiger partial charge in [0.1, 0.15) is 0 Å². The summed E-state index contributed by atoms with van der Waals surface area (Å²) in [5.41, 5.74) is 3.29. The highest BCUT2D eigenvalue weighted by Crippen LogP contribution is 2.21. The Morgan fingerprint density at radius 1 is 1.38 bits per heavy atom. The summed E-state index contributed by atoms with van der Waals surface area (Å²) >= 11 is 0. The van der Waals surface area contributed by atoms with Gasteiger partial charge in [-0.2, -0.15) is 0 Å². The van der Waals surface area contributed by atoms with Crippen molar-refractivity contribution in [3.05, 3.63) is 29.3 Å². The van der Waals surface area contributed by atoms with Crippen LogP contribution < -0.4 is 5.32 Å². The van der Waals surface area contributed by atoms with Crippen LogP contribution in [0.15, 0.2) is 18.2 Å². The third-order valence-corrected chi connectivity index (χ3v) is 2.12. The molecular formula is C12H15N. The SMILES string of the molecule is C#Cc1cc(NC)ccc1C(C)C. The van der Waals surface area contributed by atoms with Crippen molar-refractivity contribution >= 4 is 5.69 Å². The van der Waals surface area contributed by atoms with Crippen molar-refractivity contribution < 1.29 is 0 Å². The third-order valence-electron chi connectivity index (χ3n) is 2.12. The Morgan fingerprint density at radius 3 is 2.54 bits per heavy atom. The third kappa shape index (κ3) is 2.03. The fourth-order valence-electron chi connectivity index (χ4n) is 1.34. The summed E-state index contributed by atoms with van der Waals surface area (Å²) in [5, 5.41) is 3.07. The van der Waals surface area contributed by atoms with Crippen molar-refractivity contribution in [1.82, 2.24) is 0 Å². The van der Waals surface area contributed by atoms with E-state index >= 15 is 0 Å². The van der Waals surface area contributed by atoms with Crippen LogP contribution in [0.2, 0.25) is 0 Å². The second-order valence-electron chi connectivity index (χ2n) is 3.35. The van der Waals surface area contributed by atoms with Crippen molar-refractivity contribution in [2.24, 2.45) is 0 Å². The second-order valence-corrected chi connectivity index (χ2v) is 3.35. The normalized spacial score (nSPS) is 9.77. The summed E-state index contributed by atoms with van der Waals surface area (Å²) < 4.78 is 0. The predicted octanol–water partition coefficient (Wildman–Crippen LogP) is 2.83. The first-order valence-electron chi connectivity index (χ1n) is 4.47. The summed E-state index contributed by atoms with van der Waals surface area (Å²) in [6, 6.07) is 6.15. The van der Waals surface area contributed by atoms with E-state index in [0.717, 1.165) is 11.3 Å². The Hall–Kier alpha value is -1.42. The van der Waals surface area contributed by atoms with Crippen molar-refractivity contribution in [3.8, 4) is 12.3 Å². The van der Waals surface area contributed by atoms with Crippen LogP contribution >= 0.6 is 0 Å². The molecule has 1 nitrogen and oxygen atoms in total. The smallest absolute Gasteiger partial charge is 0.0350 e. The minimum absolute atomic E-state index is 0.483. The quantitative estimate of drug-likeness (QED) is 0.678. The van der Waals surface area contributed by atoms with Gasteiger partial charge in [-0.05, 0) is 23.6 Å². The highest BCUT2D eigenvalue weighted by molar-refractivity contribution is 5.54. The van der Waals surface area contributed by atoms with Gasteiger partial charge in [-0.15, -0.1) is 6.42 Å². The van der Waals surface area contributed by atoms with Gasteiger partial charge >= 0.3 is 0 Å². The Labute approximate surface area is 80.2 Å². The maximum Gasteiger partial charge on any atom is 0.0350 e. The summed E-state index contributed by atoms with van der Waals surface area (Å²) in [6.07, 6.45) is 5.43. The standard InChI is InChI=1S/C12H15N/c1-5-10-8-11(13-4)6-7-12(10)9(2)3/h1,6-9,13H,2-4H3. The fraction of sp³-hybridized carbons (Fsp3) is 0.333. The van der Waals surface area contributed by atoms with Crippen molar-refractivity contribution in [2.75, 3.05) is 12.4 Å². The van der Waals surface area contributed by atoms with Crippen LogP contribution in [0.3, 0.4) is 0 Å². The minimum Gasteiger partial charge on any atom is -0.388 e. The molecule has 0 heterocycles. The molecule has 0 bridgehead atoms. The lowest BCUT2D eigenvalue weighted by atomic mass is 9.97. The van der Waals surface area contributed by atoms with Gasteiger partial charge in [-0.3, -0.25) is 0 Å². The van der Waals surface area contributed by atoms with Crippen LogP contribution in [-0.4, -0.2) is 7.05 Å². The molecular weight excluding hydrogens is 158 g/mol.